The summed E-state index contributed by atoms with van der Waals surface area (Å²) >= 11 is 3.17. The first-order chi connectivity index (χ1) is 6.94. The Balaban J connectivity index is 2.84. The van der Waals surface area contributed by atoms with Gasteiger partial charge in [-0.1, -0.05) is 0 Å². The Morgan fingerprint density at radius 2 is 2.33 bits per heavy atom. The lowest BCUT2D eigenvalue weighted by molar-refractivity contribution is 0.0929. The molecule has 0 aliphatic heterocycles. The molecule has 0 atom stereocenters. The van der Waals surface area contributed by atoms with Crippen molar-refractivity contribution in [3.8, 4) is 6.07 Å². The van der Waals surface area contributed by atoms with Gasteiger partial charge in [-0.25, -0.2) is 4.98 Å². The number of carbonyl (C=O) groups excluding carboxylic acids is 1. The number of nitrogens with zero attached hydrogens (tertiary/aromatic N) is 2. The topological polar surface area (TPSA) is 65.8 Å². The summed E-state index contributed by atoms with van der Waals surface area (Å²) in [5, 5.41) is 11.4. The molecule has 15 heavy (non-hydrogen) atoms. The van der Waals surface area contributed by atoms with E-state index in [0.717, 1.165) is 0 Å². The zero-order valence-electron chi connectivity index (χ0n) is 8.41. The number of amides is 1. The molecule has 0 aliphatic rings. The first-order valence-corrected chi connectivity index (χ1v) is 5.09. The maximum Gasteiger partial charge on any atom is 0.252 e. The fraction of sp³-hybridized carbons (Fsp3) is 0.300. The quantitative estimate of drug-likeness (QED) is 0.833. The van der Waals surface area contributed by atoms with Gasteiger partial charge in [-0.15, -0.1) is 0 Å². The van der Waals surface area contributed by atoms with Crippen molar-refractivity contribution in [2.24, 2.45) is 0 Å². The number of hydrogen-bond acceptors (Lipinski definition) is 3. The van der Waals surface area contributed by atoms with Crippen LogP contribution in [0.25, 0.3) is 0 Å². The van der Waals surface area contributed by atoms with Gasteiger partial charge in [-0.3, -0.25) is 4.79 Å². The number of nitriles is 1. The van der Waals surface area contributed by atoms with Gasteiger partial charge in [0.2, 0.25) is 0 Å². The highest BCUT2D eigenvalue weighted by Crippen LogP contribution is 2.09. The van der Waals surface area contributed by atoms with E-state index in [2.05, 4.69) is 26.2 Å². The normalized spacial score (nSPS) is 10.5. The molecule has 1 aromatic heterocycles. The molecule has 0 unspecified atom stereocenters. The van der Waals surface area contributed by atoms with Crippen LogP contribution in [-0.2, 0) is 0 Å². The number of nitrogens with one attached hydrogen (secondary N) is 1. The lowest BCUT2D eigenvalue weighted by Crippen LogP contribution is -2.42. The Kier molecular flexibility index (Phi) is 3.43. The van der Waals surface area contributed by atoms with Crippen LogP contribution in [-0.4, -0.2) is 16.4 Å². The van der Waals surface area contributed by atoms with Crippen LogP contribution in [0, 0.1) is 11.3 Å². The van der Waals surface area contributed by atoms with Crippen LogP contribution in [0.3, 0.4) is 0 Å². The SMILES string of the molecule is CC(C)(C#N)NC(=O)c1ccnc(Br)c1. The molecule has 78 valence electrons. The van der Waals surface area contributed by atoms with Crippen LogP contribution in [0.5, 0.6) is 0 Å². The average molecular weight is 268 g/mol. The van der Waals surface area contributed by atoms with Crippen molar-refractivity contribution in [3.05, 3.63) is 28.5 Å². The van der Waals surface area contributed by atoms with Crippen LogP contribution in [0.15, 0.2) is 22.9 Å². The third kappa shape index (κ3) is 3.33. The van der Waals surface area contributed by atoms with Crippen molar-refractivity contribution in [2.75, 3.05) is 0 Å². The van der Waals surface area contributed by atoms with Gasteiger partial charge in [0, 0.05) is 11.8 Å². The fourth-order valence-corrected chi connectivity index (χ4v) is 1.29. The molecular formula is C10H10BrN3O. The van der Waals surface area contributed by atoms with E-state index in [4.69, 9.17) is 5.26 Å². The molecule has 1 aromatic rings. The van der Waals surface area contributed by atoms with Crippen molar-refractivity contribution in [3.63, 3.8) is 0 Å². The second kappa shape index (κ2) is 4.41. The predicted octanol–water partition coefficient (Wildman–Crippen LogP) is 1.88. The lowest BCUT2D eigenvalue weighted by Gasteiger charge is -2.17. The van der Waals surface area contributed by atoms with Crippen LogP contribution in [0.4, 0.5) is 0 Å². The van der Waals surface area contributed by atoms with Gasteiger partial charge in [0.1, 0.15) is 10.1 Å². The van der Waals surface area contributed by atoms with Crippen LogP contribution >= 0.6 is 15.9 Å². The van der Waals surface area contributed by atoms with Crippen molar-refractivity contribution >= 4 is 21.8 Å². The number of carbonyl (C=O) groups is 1. The zero-order valence-corrected chi connectivity index (χ0v) is 10.00. The lowest BCUT2D eigenvalue weighted by atomic mass is 10.1. The fourth-order valence-electron chi connectivity index (χ4n) is 0.928. The Morgan fingerprint density at radius 1 is 1.67 bits per heavy atom. The van der Waals surface area contributed by atoms with Gasteiger partial charge in [0.05, 0.1) is 6.07 Å². The Bertz CT molecular complexity index is 423. The Morgan fingerprint density at radius 3 is 2.87 bits per heavy atom. The first-order valence-electron chi connectivity index (χ1n) is 4.30. The molecule has 1 rings (SSSR count). The summed E-state index contributed by atoms with van der Waals surface area (Å²) in [6, 6.07) is 5.19. The second-order valence-electron chi connectivity index (χ2n) is 3.56. The highest BCUT2D eigenvalue weighted by Gasteiger charge is 2.20. The molecule has 0 spiro atoms. The summed E-state index contributed by atoms with van der Waals surface area (Å²) in [5.74, 6) is -0.287. The van der Waals surface area contributed by atoms with Crippen molar-refractivity contribution < 1.29 is 4.79 Å². The van der Waals surface area contributed by atoms with Crippen molar-refractivity contribution in [1.82, 2.24) is 10.3 Å². The minimum absolute atomic E-state index is 0.287. The van der Waals surface area contributed by atoms with E-state index in [9.17, 15) is 4.79 Å². The third-order valence-electron chi connectivity index (χ3n) is 1.69. The predicted molar refractivity (Wildman–Crippen MR) is 59.1 cm³/mol. The van der Waals surface area contributed by atoms with E-state index in [-0.39, 0.29) is 5.91 Å². The van der Waals surface area contributed by atoms with E-state index in [1.54, 1.807) is 26.0 Å². The molecule has 0 saturated heterocycles. The van der Waals surface area contributed by atoms with E-state index in [1.165, 1.54) is 6.20 Å². The summed E-state index contributed by atoms with van der Waals surface area (Å²) in [5.41, 5.74) is -0.396. The molecule has 0 bridgehead atoms. The van der Waals surface area contributed by atoms with Gasteiger partial charge >= 0.3 is 0 Å². The standard InChI is InChI=1S/C10H10BrN3O/c1-10(2,6-12)14-9(15)7-3-4-13-8(11)5-7/h3-5H,1-2H3,(H,14,15). The summed E-state index contributed by atoms with van der Waals surface area (Å²) in [4.78, 5) is 15.6. The van der Waals surface area contributed by atoms with E-state index >= 15 is 0 Å². The van der Waals surface area contributed by atoms with Crippen molar-refractivity contribution in [2.45, 2.75) is 19.4 Å². The summed E-state index contributed by atoms with van der Waals surface area (Å²) in [6.45, 7) is 3.28. The van der Waals surface area contributed by atoms with Crippen molar-refractivity contribution in [1.29, 1.82) is 5.26 Å². The van der Waals surface area contributed by atoms with Crippen LogP contribution in [0.2, 0.25) is 0 Å². The maximum atomic E-state index is 11.7. The van der Waals surface area contributed by atoms with Gasteiger partial charge in [0.25, 0.3) is 5.91 Å². The summed E-state index contributed by atoms with van der Waals surface area (Å²) in [6.07, 6.45) is 1.53. The summed E-state index contributed by atoms with van der Waals surface area (Å²) < 4.78 is 0.588. The molecule has 4 nitrogen and oxygen atoms in total. The minimum atomic E-state index is -0.868. The smallest absolute Gasteiger partial charge is 0.252 e. The molecule has 5 heteroatoms. The number of aromatic nitrogens is 1. The molecule has 0 saturated carbocycles. The second-order valence-corrected chi connectivity index (χ2v) is 4.37. The molecule has 0 radical (unpaired) electrons. The molecule has 1 N–H and O–H groups in total. The maximum absolute atomic E-state index is 11.7. The highest BCUT2D eigenvalue weighted by atomic mass is 79.9. The number of halogens is 1. The zero-order chi connectivity index (χ0) is 11.5. The third-order valence-corrected chi connectivity index (χ3v) is 2.13. The largest absolute Gasteiger partial charge is 0.334 e. The van der Waals surface area contributed by atoms with Gasteiger partial charge in [-0.2, -0.15) is 5.26 Å². The first kappa shape index (κ1) is 11.7. The molecule has 1 amide bonds. The van der Waals surface area contributed by atoms with Crippen LogP contribution in [0.1, 0.15) is 24.2 Å². The van der Waals surface area contributed by atoms with E-state index in [1.807, 2.05) is 6.07 Å². The van der Waals surface area contributed by atoms with E-state index < -0.39 is 5.54 Å². The molecule has 0 aliphatic carbocycles. The highest BCUT2D eigenvalue weighted by molar-refractivity contribution is 9.10. The van der Waals surface area contributed by atoms with Gasteiger partial charge in [0.15, 0.2) is 0 Å². The minimum Gasteiger partial charge on any atom is -0.334 e. The monoisotopic (exact) mass is 267 g/mol. The molecule has 0 aromatic carbocycles. The summed E-state index contributed by atoms with van der Waals surface area (Å²) in [7, 11) is 0. The average Bonchev–Trinajstić information content (AvgIpc) is 2.17. The Labute approximate surface area is 96.4 Å². The van der Waals surface area contributed by atoms with Crippen LogP contribution < -0.4 is 5.32 Å². The number of rotatable bonds is 2. The number of hydrogen-bond donors (Lipinski definition) is 1. The van der Waals surface area contributed by atoms with E-state index in [0.29, 0.717) is 10.2 Å². The number of pyridine rings is 1. The molecule has 1 heterocycles. The Hall–Kier alpha value is -1.41. The molecule has 0 fully saturated rings. The molecular weight excluding hydrogens is 258 g/mol. The van der Waals surface area contributed by atoms with Gasteiger partial charge in [-0.05, 0) is 41.9 Å². The van der Waals surface area contributed by atoms with Gasteiger partial charge < -0.3 is 5.32 Å².